The molecule has 3 rings (SSSR count). The molecule has 0 aliphatic carbocycles. The van der Waals surface area contributed by atoms with Crippen molar-refractivity contribution in [3.05, 3.63) is 42.2 Å². The second-order valence-corrected chi connectivity index (χ2v) is 7.69. The number of nitrogens with zero attached hydrogens (tertiary/aromatic N) is 4. The van der Waals surface area contributed by atoms with Crippen molar-refractivity contribution in [3.63, 3.8) is 0 Å². The molecule has 3 N–H and O–H groups in total. The van der Waals surface area contributed by atoms with Gasteiger partial charge in [-0.2, -0.15) is 8.42 Å². The molecular formula is C17H21N4NaO9S. The van der Waals surface area contributed by atoms with Crippen molar-refractivity contribution < 1.29 is 71.5 Å². The van der Waals surface area contributed by atoms with Crippen LogP contribution in [0.4, 0.5) is 0 Å². The maximum Gasteiger partial charge on any atom is 1.00 e. The van der Waals surface area contributed by atoms with Gasteiger partial charge in [0, 0.05) is 0 Å². The van der Waals surface area contributed by atoms with Crippen LogP contribution in [0.15, 0.2) is 41.5 Å². The summed E-state index contributed by atoms with van der Waals surface area (Å²) >= 11 is 0. The Morgan fingerprint density at radius 3 is 2.62 bits per heavy atom. The zero-order valence-electron chi connectivity index (χ0n) is 17.3. The number of aliphatic imine (C=N–C) groups is 1. The summed E-state index contributed by atoms with van der Waals surface area (Å²) in [5.41, 5.74) is 1.15. The number of aliphatic hydroxyl groups excluding tert-OH is 2. The van der Waals surface area contributed by atoms with Crippen LogP contribution in [0.5, 0.6) is 0 Å². The molecule has 0 saturated carbocycles. The van der Waals surface area contributed by atoms with Crippen LogP contribution in [0.2, 0.25) is 0 Å². The van der Waals surface area contributed by atoms with E-state index in [1.54, 1.807) is 6.20 Å². The summed E-state index contributed by atoms with van der Waals surface area (Å²) in [6, 6.07) is 7.77. The third kappa shape index (κ3) is 7.02. The fourth-order valence-corrected chi connectivity index (χ4v) is 3.55. The minimum atomic E-state index is -4.99. The van der Waals surface area contributed by atoms with Crippen LogP contribution in [0, 0.1) is 0 Å². The molecule has 1 saturated heterocycles. The van der Waals surface area contributed by atoms with Gasteiger partial charge in [-0.3, -0.25) is 9.55 Å². The van der Waals surface area contributed by atoms with Gasteiger partial charge >= 0.3 is 40.0 Å². The van der Waals surface area contributed by atoms with Gasteiger partial charge < -0.3 is 24.8 Å². The molecule has 32 heavy (non-hydrogen) atoms. The monoisotopic (exact) mass is 480 g/mol. The van der Waals surface area contributed by atoms with Crippen molar-refractivity contribution >= 4 is 16.3 Å². The molecule has 0 spiro atoms. The van der Waals surface area contributed by atoms with Crippen molar-refractivity contribution in [2.45, 2.75) is 44.2 Å². The van der Waals surface area contributed by atoms with Gasteiger partial charge in [0.2, 0.25) is 0 Å². The molecule has 170 valence electrons. The molecule has 0 unspecified atom stereocenters. The molecule has 1 aliphatic rings. The Balaban J connectivity index is 0.00000363. The molecule has 0 bridgehead atoms. The number of rotatable bonds is 8. The van der Waals surface area contributed by atoms with E-state index < -0.39 is 53.5 Å². The predicted molar refractivity (Wildman–Crippen MR) is 101 cm³/mol. The van der Waals surface area contributed by atoms with Crippen molar-refractivity contribution in [2.24, 2.45) is 4.99 Å². The Bertz CT molecular complexity index is 1000. The number of hydrogen-bond acceptors (Lipinski definition) is 11. The average molecular weight is 480 g/mol. The first-order chi connectivity index (χ1) is 14.7. The van der Waals surface area contributed by atoms with Crippen LogP contribution in [-0.4, -0.2) is 81.3 Å². The van der Waals surface area contributed by atoms with Crippen LogP contribution in [0.1, 0.15) is 12.6 Å². The zero-order valence-corrected chi connectivity index (χ0v) is 20.1. The normalized spacial score (nSPS) is 26.5. The molecule has 15 heteroatoms. The van der Waals surface area contributed by atoms with Crippen LogP contribution in [0.25, 0.3) is 5.69 Å². The quantitative estimate of drug-likeness (QED) is 0.142. The maximum atomic E-state index is 11.5. The predicted octanol–water partition coefficient (Wildman–Crippen LogP) is -4.80. The Hall–Kier alpha value is -1.46. The van der Waals surface area contributed by atoms with E-state index in [-0.39, 0.29) is 36.2 Å². The summed E-state index contributed by atoms with van der Waals surface area (Å²) in [6.07, 6.45) is -4.60. The van der Waals surface area contributed by atoms with Crippen LogP contribution in [-0.2, 0) is 30.7 Å². The molecule has 2 aromatic rings. The van der Waals surface area contributed by atoms with Gasteiger partial charge in [0.15, 0.2) is 6.29 Å². The van der Waals surface area contributed by atoms with Gasteiger partial charge in [-0.1, -0.05) is 23.4 Å². The third-order valence-electron chi connectivity index (χ3n) is 4.34. The summed E-state index contributed by atoms with van der Waals surface area (Å²) in [5.74, 6) is -0.690. The minimum absolute atomic E-state index is 0. The molecule has 1 fully saturated rings. The number of hydrogen-bond donors (Lipinski definition) is 3. The summed E-state index contributed by atoms with van der Waals surface area (Å²) in [7, 11) is -4.99. The number of aromatic nitrogens is 3. The van der Waals surface area contributed by atoms with E-state index in [4.69, 9.17) is 14.0 Å². The average Bonchev–Trinajstić information content (AvgIpc) is 3.19. The molecule has 5 atom stereocenters. The fraction of sp³-hybridized carbons (Fsp3) is 0.471. The third-order valence-corrected chi connectivity index (χ3v) is 4.81. The molecule has 0 radical (unpaired) electrons. The second kappa shape index (κ2) is 11.6. The van der Waals surface area contributed by atoms with E-state index in [0.29, 0.717) is 5.69 Å². The molecule has 2 heterocycles. The summed E-state index contributed by atoms with van der Waals surface area (Å²) in [4.78, 5) is 3.69. The first kappa shape index (κ1) is 26.8. The van der Waals surface area contributed by atoms with Gasteiger partial charge in [-0.25, -0.2) is 8.86 Å². The number of ether oxygens (including phenoxy) is 2. The van der Waals surface area contributed by atoms with E-state index in [1.165, 1.54) is 4.68 Å². The van der Waals surface area contributed by atoms with E-state index in [1.807, 2.05) is 30.3 Å². The number of para-hydroxylation sites is 1. The van der Waals surface area contributed by atoms with E-state index in [0.717, 1.165) is 12.6 Å². The van der Waals surface area contributed by atoms with Gasteiger partial charge in [0.1, 0.15) is 30.0 Å². The Labute approximate surface area is 205 Å². The summed E-state index contributed by atoms with van der Waals surface area (Å²) in [5, 5.41) is 39.5. The maximum absolute atomic E-state index is 11.5. The van der Waals surface area contributed by atoms with Gasteiger partial charge in [0.25, 0.3) is 0 Å². The second-order valence-electron chi connectivity index (χ2n) is 6.64. The molecule has 1 aliphatic heterocycles. The summed E-state index contributed by atoms with van der Waals surface area (Å²) < 4.78 is 48.1. The Kier molecular flexibility index (Phi) is 9.71. The first-order valence-electron chi connectivity index (χ1n) is 9.07. The SMILES string of the molecule is CC([O-])=N[C@H]1[C@H](OCc2cn(-c3ccccc3)nn2)O[C@H](CO)[C@H](OS(=O)(=O)O)[C@@H]1O.[Na+]. The Morgan fingerprint density at radius 2 is 2.03 bits per heavy atom. The van der Waals surface area contributed by atoms with E-state index in [2.05, 4.69) is 19.5 Å². The van der Waals surface area contributed by atoms with Crippen LogP contribution < -0.4 is 34.7 Å². The van der Waals surface area contributed by atoms with Crippen molar-refractivity contribution in [3.8, 4) is 5.69 Å². The summed E-state index contributed by atoms with van der Waals surface area (Å²) in [6.45, 7) is 0.191. The first-order valence-corrected chi connectivity index (χ1v) is 10.4. The van der Waals surface area contributed by atoms with Crippen molar-refractivity contribution in [1.82, 2.24) is 15.0 Å². The zero-order chi connectivity index (χ0) is 22.6. The molecule has 0 amide bonds. The fourth-order valence-electron chi connectivity index (χ4n) is 3.04. The molecular weight excluding hydrogens is 459 g/mol. The van der Waals surface area contributed by atoms with E-state index >= 15 is 0 Å². The van der Waals surface area contributed by atoms with Crippen molar-refractivity contribution in [2.75, 3.05) is 6.61 Å². The van der Waals surface area contributed by atoms with Gasteiger partial charge in [-0.05, 0) is 25.0 Å². The van der Waals surface area contributed by atoms with E-state index in [9.17, 15) is 23.7 Å². The number of benzene rings is 1. The van der Waals surface area contributed by atoms with Gasteiger partial charge in [-0.15, -0.1) is 5.10 Å². The van der Waals surface area contributed by atoms with Gasteiger partial charge in [0.05, 0.1) is 25.1 Å². The topological polar surface area (TPSA) is 189 Å². The molecule has 13 nitrogen and oxygen atoms in total. The minimum Gasteiger partial charge on any atom is -0.862 e. The van der Waals surface area contributed by atoms with Crippen LogP contribution >= 0.6 is 0 Å². The largest absolute Gasteiger partial charge is 1.00 e. The number of aliphatic hydroxyl groups is 2. The van der Waals surface area contributed by atoms with Crippen LogP contribution in [0.3, 0.4) is 0 Å². The van der Waals surface area contributed by atoms with Crippen molar-refractivity contribution in [1.29, 1.82) is 0 Å². The standard InChI is InChI=1S/C17H22N4O9S.Na/c1-10(23)18-14-15(24)16(30-31(25,26)27)13(8-22)29-17(14)28-9-11-7-21(20-19-11)12-5-3-2-4-6-12;/h2-7,13-17,22,24H,8-9H2,1H3,(H,18,23)(H,25,26,27);/q;+1/p-1/t13-,14-,15-,16+,17-;/m1./s1. The Morgan fingerprint density at radius 1 is 1.34 bits per heavy atom. The molecule has 1 aromatic carbocycles. The molecule has 1 aromatic heterocycles. The smallest absolute Gasteiger partial charge is 0.862 e.